The van der Waals surface area contributed by atoms with E-state index >= 15 is 0 Å². The standard InChI is InChI=1S/C20H27N3O6/c1-5-28-15-8-6-14(7-9-15)17(24)22-16(12(2)3)19(26)29-13(4)18(25)23-11-10-21-20(23)27/h6-9,12-13,16H,5,10-11H2,1-4H3,(H,21,27)(H,22,24)/t13-,16+/m1/s1. The van der Waals surface area contributed by atoms with Crippen molar-refractivity contribution in [2.45, 2.75) is 39.8 Å². The molecule has 1 aromatic rings. The van der Waals surface area contributed by atoms with E-state index in [1.807, 2.05) is 6.92 Å². The molecule has 0 unspecified atom stereocenters. The molecule has 2 N–H and O–H groups in total. The van der Waals surface area contributed by atoms with Crippen LogP contribution in [-0.4, -0.2) is 60.6 Å². The molecule has 2 atom stereocenters. The molecule has 2 rings (SSSR count). The molecular weight excluding hydrogens is 378 g/mol. The minimum atomic E-state index is -1.14. The third kappa shape index (κ3) is 5.69. The summed E-state index contributed by atoms with van der Waals surface area (Å²) in [6.45, 7) is 7.87. The number of carbonyl (C=O) groups excluding carboxylic acids is 4. The summed E-state index contributed by atoms with van der Waals surface area (Å²) in [5.41, 5.74) is 0.366. The van der Waals surface area contributed by atoms with Crippen molar-refractivity contribution in [1.29, 1.82) is 0 Å². The normalized spacial score (nSPS) is 15.5. The van der Waals surface area contributed by atoms with E-state index in [-0.39, 0.29) is 12.5 Å². The summed E-state index contributed by atoms with van der Waals surface area (Å²) in [5.74, 6) is -1.41. The third-order valence-electron chi connectivity index (χ3n) is 4.40. The van der Waals surface area contributed by atoms with Gasteiger partial charge in [0.05, 0.1) is 6.61 Å². The molecule has 0 aromatic heterocycles. The Bertz CT molecular complexity index is 762. The van der Waals surface area contributed by atoms with Gasteiger partial charge in [-0.25, -0.2) is 9.59 Å². The van der Waals surface area contributed by atoms with E-state index in [2.05, 4.69) is 10.6 Å². The van der Waals surface area contributed by atoms with Crippen LogP contribution in [0.1, 0.15) is 38.1 Å². The molecule has 4 amide bonds. The number of imide groups is 1. The molecule has 9 heteroatoms. The first-order chi connectivity index (χ1) is 13.7. The summed E-state index contributed by atoms with van der Waals surface area (Å²) in [5, 5.41) is 5.16. The van der Waals surface area contributed by atoms with E-state index in [1.54, 1.807) is 38.1 Å². The zero-order valence-corrected chi connectivity index (χ0v) is 17.1. The molecule has 0 saturated carbocycles. The minimum Gasteiger partial charge on any atom is -0.494 e. The monoisotopic (exact) mass is 405 g/mol. The summed E-state index contributed by atoms with van der Waals surface area (Å²) in [7, 11) is 0. The van der Waals surface area contributed by atoms with Crippen LogP contribution in [0.15, 0.2) is 24.3 Å². The Morgan fingerprint density at radius 2 is 1.83 bits per heavy atom. The van der Waals surface area contributed by atoms with Gasteiger partial charge in [-0.1, -0.05) is 13.8 Å². The lowest BCUT2D eigenvalue weighted by molar-refractivity contribution is -0.160. The summed E-state index contributed by atoms with van der Waals surface area (Å²) in [6.07, 6.45) is -1.14. The molecule has 1 aliphatic rings. The first-order valence-corrected chi connectivity index (χ1v) is 9.58. The fourth-order valence-corrected chi connectivity index (χ4v) is 2.79. The van der Waals surface area contributed by atoms with Crippen molar-refractivity contribution in [3.05, 3.63) is 29.8 Å². The molecule has 0 spiro atoms. The molecule has 1 saturated heterocycles. The quantitative estimate of drug-likeness (QED) is 0.631. The van der Waals surface area contributed by atoms with Gasteiger partial charge < -0.3 is 20.1 Å². The molecule has 1 heterocycles. The Balaban J connectivity index is 2.00. The van der Waals surface area contributed by atoms with Crippen LogP contribution in [-0.2, 0) is 14.3 Å². The molecular formula is C20H27N3O6. The Hall–Kier alpha value is -3.10. The zero-order valence-electron chi connectivity index (χ0n) is 17.1. The van der Waals surface area contributed by atoms with Gasteiger partial charge in [0.15, 0.2) is 6.10 Å². The van der Waals surface area contributed by atoms with Crippen LogP contribution in [0, 0.1) is 5.92 Å². The van der Waals surface area contributed by atoms with Gasteiger partial charge in [0.2, 0.25) is 0 Å². The van der Waals surface area contributed by atoms with Crippen molar-refractivity contribution in [2.24, 2.45) is 5.92 Å². The second-order valence-corrected chi connectivity index (χ2v) is 6.95. The van der Waals surface area contributed by atoms with Crippen molar-refractivity contribution >= 4 is 23.8 Å². The van der Waals surface area contributed by atoms with E-state index in [0.717, 1.165) is 4.90 Å². The SMILES string of the molecule is CCOc1ccc(C(=O)N[C@H](C(=O)O[C@H](C)C(=O)N2CCNC2=O)C(C)C)cc1. The third-order valence-corrected chi connectivity index (χ3v) is 4.40. The summed E-state index contributed by atoms with van der Waals surface area (Å²) in [6, 6.07) is 5.08. The lowest BCUT2D eigenvalue weighted by Crippen LogP contribution is -2.48. The van der Waals surface area contributed by atoms with Crippen LogP contribution in [0.5, 0.6) is 5.75 Å². The zero-order chi connectivity index (χ0) is 21.6. The summed E-state index contributed by atoms with van der Waals surface area (Å²) < 4.78 is 10.6. The minimum absolute atomic E-state index is 0.224. The van der Waals surface area contributed by atoms with Crippen LogP contribution in [0.25, 0.3) is 0 Å². The highest BCUT2D eigenvalue weighted by Crippen LogP contribution is 2.14. The predicted octanol–water partition coefficient (Wildman–Crippen LogP) is 1.32. The first-order valence-electron chi connectivity index (χ1n) is 9.58. The van der Waals surface area contributed by atoms with Crippen LogP contribution in [0.2, 0.25) is 0 Å². The number of carbonyl (C=O) groups is 4. The molecule has 158 valence electrons. The van der Waals surface area contributed by atoms with Gasteiger partial charge >= 0.3 is 12.0 Å². The van der Waals surface area contributed by atoms with Gasteiger partial charge in [0.1, 0.15) is 11.8 Å². The van der Waals surface area contributed by atoms with Gasteiger partial charge in [-0.2, -0.15) is 0 Å². The number of benzene rings is 1. The molecule has 0 radical (unpaired) electrons. The fourth-order valence-electron chi connectivity index (χ4n) is 2.79. The summed E-state index contributed by atoms with van der Waals surface area (Å²) in [4.78, 5) is 50.0. The Morgan fingerprint density at radius 1 is 1.17 bits per heavy atom. The number of nitrogens with one attached hydrogen (secondary N) is 2. The van der Waals surface area contributed by atoms with Crippen LogP contribution in [0.3, 0.4) is 0 Å². The molecule has 9 nitrogen and oxygen atoms in total. The van der Waals surface area contributed by atoms with E-state index in [0.29, 0.717) is 24.5 Å². The van der Waals surface area contributed by atoms with Gasteiger partial charge in [-0.3, -0.25) is 14.5 Å². The maximum absolute atomic E-state index is 12.6. The predicted molar refractivity (Wildman–Crippen MR) is 104 cm³/mol. The Morgan fingerprint density at radius 3 is 2.34 bits per heavy atom. The molecule has 1 fully saturated rings. The smallest absolute Gasteiger partial charge is 0.329 e. The van der Waals surface area contributed by atoms with Gasteiger partial charge in [0, 0.05) is 18.7 Å². The van der Waals surface area contributed by atoms with Crippen LogP contribution in [0.4, 0.5) is 4.79 Å². The summed E-state index contributed by atoms with van der Waals surface area (Å²) >= 11 is 0. The van der Waals surface area contributed by atoms with Crippen LogP contribution >= 0.6 is 0 Å². The van der Waals surface area contributed by atoms with Crippen LogP contribution < -0.4 is 15.4 Å². The van der Waals surface area contributed by atoms with Crippen molar-refractivity contribution in [3.8, 4) is 5.75 Å². The van der Waals surface area contributed by atoms with E-state index in [4.69, 9.17) is 9.47 Å². The van der Waals surface area contributed by atoms with E-state index in [1.165, 1.54) is 6.92 Å². The van der Waals surface area contributed by atoms with Gasteiger partial charge in [-0.15, -0.1) is 0 Å². The molecule has 1 aromatic carbocycles. The van der Waals surface area contributed by atoms with Crippen molar-refractivity contribution in [1.82, 2.24) is 15.5 Å². The lowest BCUT2D eigenvalue weighted by Gasteiger charge is -2.24. The second-order valence-electron chi connectivity index (χ2n) is 6.95. The number of esters is 1. The lowest BCUT2D eigenvalue weighted by atomic mass is 10.0. The Labute approximate surface area is 169 Å². The number of hydrogen-bond acceptors (Lipinski definition) is 6. The molecule has 0 aliphatic carbocycles. The van der Waals surface area contributed by atoms with E-state index < -0.39 is 36.0 Å². The topological polar surface area (TPSA) is 114 Å². The number of hydrogen-bond donors (Lipinski definition) is 2. The Kier molecular flexibility index (Phi) is 7.58. The van der Waals surface area contributed by atoms with Crippen molar-refractivity contribution < 1.29 is 28.7 Å². The maximum Gasteiger partial charge on any atom is 0.329 e. The molecule has 1 aliphatic heterocycles. The fraction of sp³-hybridized carbons (Fsp3) is 0.500. The van der Waals surface area contributed by atoms with Crippen molar-refractivity contribution in [2.75, 3.05) is 19.7 Å². The first kappa shape index (κ1) is 22.2. The number of urea groups is 1. The number of rotatable bonds is 8. The second kappa shape index (κ2) is 9.90. The molecule has 0 bridgehead atoms. The van der Waals surface area contributed by atoms with E-state index in [9.17, 15) is 19.2 Å². The average Bonchev–Trinajstić information content (AvgIpc) is 3.11. The van der Waals surface area contributed by atoms with Gasteiger partial charge in [0.25, 0.3) is 11.8 Å². The highest BCUT2D eigenvalue weighted by Gasteiger charge is 2.34. The number of amides is 4. The van der Waals surface area contributed by atoms with Gasteiger partial charge in [-0.05, 0) is 44.0 Å². The highest BCUT2D eigenvalue weighted by molar-refractivity contribution is 5.99. The maximum atomic E-state index is 12.6. The molecule has 29 heavy (non-hydrogen) atoms. The average molecular weight is 405 g/mol. The highest BCUT2D eigenvalue weighted by atomic mass is 16.5. The largest absolute Gasteiger partial charge is 0.494 e. The number of nitrogens with zero attached hydrogens (tertiary/aromatic N) is 1. The number of ether oxygens (including phenoxy) is 2. The van der Waals surface area contributed by atoms with Crippen molar-refractivity contribution in [3.63, 3.8) is 0 Å².